The lowest BCUT2D eigenvalue weighted by atomic mass is 10.1. The van der Waals surface area contributed by atoms with E-state index in [1.807, 2.05) is 0 Å². The summed E-state index contributed by atoms with van der Waals surface area (Å²) in [6, 6.07) is 8.78. The van der Waals surface area contributed by atoms with Crippen LogP contribution in [0.5, 0.6) is 5.75 Å². The largest absolute Gasteiger partial charge is 0.481 e. The second-order valence-electron chi connectivity index (χ2n) is 6.66. The van der Waals surface area contributed by atoms with Crippen LogP contribution >= 0.6 is 0 Å². The third kappa shape index (κ3) is 5.03. The van der Waals surface area contributed by atoms with Crippen LogP contribution in [0.25, 0.3) is 0 Å². The van der Waals surface area contributed by atoms with Crippen LogP contribution in [0.4, 0.5) is 5.95 Å². The SMILES string of the molecule is CC(=O)c1cccc(OC(C)C(=O)NC2CCN(c3ncccn3)CC2)c1. The number of hydrogen-bond donors (Lipinski definition) is 1. The molecular weight excluding hydrogens is 344 g/mol. The number of rotatable bonds is 6. The molecule has 1 saturated heterocycles. The Kier molecular flexibility index (Phi) is 6.01. The number of hydrogen-bond acceptors (Lipinski definition) is 6. The Balaban J connectivity index is 1.49. The summed E-state index contributed by atoms with van der Waals surface area (Å²) in [6.45, 7) is 4.81. The maximum Gasteiger partial charge on any atom is 0.260 e. The molecule has 1 unspecified atom stereocenters. The van der Waals surface area contributed by atoms with Crippen molar-refractivity contribution in [2.24, 2.45) is 0 Å². The molecule has 7 nitrogen and oxygen atoms in total. The van der Waals surface area contributed by atoms with Crippen molar-refractivity contribution >= 4 is 17.6 Å². The van der Waals surface area contributed by atoms with Gasteiger partial charge in [0.1, 0.15) is 5.75 Å². The molecule has 0 radical (unpaired) electrons. The number of piperidine rings is 1. The first-order chi connectivity index (χ1) is 13.0. The van der Waals surface area contributed by atoms with Gasteiger partial charge in [-0.2, -0.15) is 0 Å². The molecule has 1 aliphatic rings. The Labute approximate surface area is 158 Å². The highest BCUT2D eigenvalue weighted by molar-refractivity contribution is 5.94. The van der Waals surface area contributed by atoms with Crippen LogP contribution in [-0.4, -0.2) is 46.9 Å². The van der Waals surface area contributed by atoms with Crippen molar-refractivity contribution in [1.82, 2.24) is 15.3 Å². The van der Waals surface area contributed by atoms with E-state index in [-0.39, 0.29) is 17.7 Å². The molecule has 0 saturated carbocycles. The molecule has 1 aromatic heterocycles. The lowest BCUT2D eigenvalue weighted by molar-refractivity contribution is -0.128. The second kappa shape index (κ2) is 8.62. The van der Waals surface area contributed by atoms with Crippen molar-refractivity contribution < 1.29 is 14.3 Å². The molecule has 0 spiro atoms. The van der Waals surface area contributed by atoms with Crippen molar-refractivity contribution in [3.63, 3.8) is 0 Å². The van der Waals surface area contributed by atoms with E-state index in [0.717, 1.165) is 31.9 Å². The van der Waals surface area contributed by atoms with E-state index < -0.39 is 6.10 Å². The predicted octanol–water partition coefficient (Wildman–Crippen LogP) is 2.23. The fourth-order valence-corrected chi connectivity index (χ4v) is 3.04. The summed E-state index contributed by atoms with van der Waals surface area (Å²) >= 11 is 0. The average Bonchev–Trinajstić information content (AvgIpc) is 2.69. The van der Waals surface area contributed by atoms with E-state index in [1.165, 1.54) is 6.92 Å². The number of ketones is 1. The third-order valence-corrected chi connectivity index (χ3v) is 4.60. The van der Waals surface area contributed by atoms with Crippen molar-refractivity contribution in [2.45, 2.75) is 38.8 Å². The number of Topliss-reactive ketones (excluding diaryl/α,β-unsaturated/α-hetero) is 1. The molecule has 1 atom stereocenters. The number of ether oxygens (including phenoxy) is 1. The minimum absolute atomic E-state index is 0.0355. The van der Waals surface area contributed by atoms with Gasteiger partial charge in [-0.25, -0.2) is 9.97 Å². The van der Waals surface area contributed by atoms with Gasteiger partial charge in [-0.1, -0.05) is 12.1 Å². The first kappa shape index (κ1) is 18.8. The zero-order valence-electron chi connectivity index (χ0n) is 15.6. The Morgan fingerprint density at radius 1 is 1.19 bits per heavy atom. The maximum atomic E-state index is 12.4. The summed E-state index contributed by atoms with van der Waals surface area (Å²) < 4.78 is 5.70. The van der Waals surface area contributed by atoms with Gasteiger partial charge in [0, 0.05) is 37.1 Å². The third-order valence-electron chi connectivity index (χ3n) is 4.60. The molecule has 2 aromatic rings. The number of amides is 1. The van der Waals surface area contributed by atoms with Gasteiger partial charge in [0.2, 0.25) is 5.95 Å². The summed E-state index contributed by atoms with van der Waals surface area (Å²) in [5.74, 6) is 1.05. The molecule has 1 aromatic carbocycles. The van der Waals surface area contributed by atoms with E-state index in [4.69, 9.17) is 4.74 Å². The molecule has 2 heterocycles. The molecule has 1 aliphatic heterocycles. The number of nitrogens with one attached hydrogen (secondary N) is 1. The molecule has 1 N–H and O–H groups in total. The summed E-state index contributed by atoms with van der Waals surface area (Å²) in [5, 5.41) is 3.05. The summed E-state index contributed by atoms with van der Waals surface area (Å²) in [7, 11) is 0. The number of carbonyl (C=O) groups excluding carboxylic acids is 2. The number of nitrogens with zero attached hydrogens (tertiary/aromatic N) is 3. The quantitative estimate of drug-likeness (QED) is 0.787. The molecule has 0 bridgehead atoms. The van der Waals surface area contributed by atoms with Crippen molar-refractivity contribution in [3.8, 4) is 5.75 Å². The van der Waals surface area contributed by atoms with Gasteiger partial charge in [-0.15, -0.1) is 0 Å². The van der Waals surface area contributed by atoms with Crippen molar-refractivity contribution in [2.75, 3.05) is 18.0 Å². The second-order valence-corrected chi connectivity index (χ2v) is 6.66. The molecule has 3 rings (SSSR count). The number of benzene rings is 1. The van der Waals surface area contributed by atoms with Crippen LogP contribution in [0.2, 0.25) is 0 Å². The Morgan fingerprint density at radius 2 is 1.89 bits per heavy atom. The predicted molar refractivity (Wildman–Crippen MR) is 102 cm³/mol. The zero-order chi connectivity index (χ0) is 19.2. The Hall–Kier alpha value is -2.96. The van der Waals surface area contributed by atoms with Gasteiger partial charge in [-0.3, -0.25) is 9.59 Å². The summed E-state index contributed by atoms with van der Waals surface area (Å²) in [5.41, 5.74) is 0.565. The number of aromatic nitrogens is 2. The monoisotopic (exact) mass is 368 g/mol. The number of carbonyl (C=O) groups is 2. The fraction of sp³-hybridized carbons (Fsp3) is 0.400. The van der Waals surface area contributed by atoms with Crippen LogP contribution in [0.3, 0.4) is 0 Å². The maximum absolute atomic E-state index is 12.4. The van der Waals surface area contributed by atoms with Crippen molar-refractivity contribution in [1.29, 1.82) is 0 Å². The normalized spacial score (nSPS) is 15.9. The first-order valence-corrected chi connectivity index (χ1v) is 9.13. The minimum Gasteiger partial charge on any atom is -0.481 e. The molecule has 1 amide bonds. The van der Waals surface area contributed by atoms with Gasteiger partial charge in [-0.05, 0) is 44.9 Å². The molecule has 27 heavy (non-hydrogen) atoms. The van der Waals surface area contributed by atoms with Gasteiger partial charge in [0.25, 0.3) is 5.91 Å². The van der Waals surface area contributed by atoms with Crippen LogP contribution in [0.15, 0.2) is 42.7 Å². The van der Waals surface area contributed by atoms with Crippen LogP contribution in [0.1, 0.15) is 37.0 Å². The van der Waals surface area contributed by atoms with Gasteiger partial charge in [0.05, 0.1) is 0 Å². The highest BCUT2D eigenvalue weighted by Gasteiger charge is 2.24. The Bertz CT molecular complexity index is 789. The first-order valence-electron chi connectivity index (χ1n) is 9.13. The van der Waals surface area contributed by atoms with E-state index in [0.29, 0.717) is 11.3 Å². The van der Waals surface area contributed by atoms with Gasteiger partial charge < -0.3 is 15.0 Å². The van der Waals surface area contributed by atoms with Crippen LogP contribution in [-0.2, 0) is 4.79 Å². The van der Waals surface area contributed by atoms with E-state index >= 15 is 0 Å². The Morgan fingerprint density at radius 3 is 2.56 bits per heavy atom. The number of anilines is 1. The highest BCUT2D eigenvalue weighted by Crippen LogP contribution is 2.17. The van der Waals surface area contributed by atoms with Crippen LogP contribution in [0, 0.1) is 0 Å². The smallest absolute Gasteiger partial charge is 0.260 e. The average molecular weight is 368 g/mol. The van der Waals surface area contributed by atoms with E-state index in [9.17, 15) is 9.59 Å². The fourth-order valence-electron chi connectivity index (χ4n) is 3.04. The molecule has 142 valence electrons. The highest BCUT2D eigenvalue weighted by atomic mass is 16.5. The van der Waals surface area contributed by atoms with Gasteiger partial charge >= 0.3 is 0 Å². The lowest BCUT2D eigenvalue weighted by Crippen LogP contribution is -2.48. The van der Waals surface area contributed by atoms with Crippen LogP contribution < -0.4 is 15.0 Å². The molecule has 7 heteroatoms. The summed E-state index contributed by atoms with van der Waals surface area (Å²) in [6.07, 6.45) is 4.49. The minimum atomic E-state index is -0.636. The van der Waals surface area contributed by atoms with Crippen molar-refractivity contribution in [3.05, 3.63) is 48.3 Å². The molecular formula is C20H24N4O3. The zero-order valence-corrected chi connectivity index (χ0v) is 15.6. The van der Waals surface area contributed by atoms with Gasteiger partial charge in [0.15, 0.2) is 11.9 Å². The standard InChI is InChI=1S/C20H24N4O3/c1-14(25)16-5-3-6-18(13-16)27-15(2)19(26)23-17-7-11-24(12-8-17)20-21-9-4-10-22-20/h3-6,9-10,13,15,17H,7-8,11-12H2,1-2H3,(H,23,26). The van der Waals surface area contributed by atoms with E-state index in [2.05, 4.69) is 20.2 Å². The molecule has 1 fully saturated rings. The topological polar surface area (TPSA) is 84.4 Å². The summed E-state index contributed by atoms with van der Waals surface area (Å²) in [4.78, 5) is 34.6. The molecule has 0 aliphatic carbocycles. The van der Waals surface area contributed by atoms with E-state index in [1.54, 1.807) is 49.6 Å². The lowest BCUT2D eigenvalue weighted by Gasteiger charge is -2.32.